The Hall–Kier alpha value is -0.620. The third-order valence-electron chi connectivity index (χ3n) is 2.37. The van der Waals surface area contributed by atoms with Crippen molar-refractivity contribution in [2.75, 3.05) is 25.9 Å². The number of nitrogens with zero attached hydrogens (tertiary/aromatic N) is 1. The number of amides is 1. The fraction of sp³-hybridized carbons (Fsp3) is 0.875. The van der Waals surface area contributed by atoms with Crippen LogP contribution in [0.5, 0.6) is 0 Å². The van der Waals surface area contributed by atoms with E-state index < -0.39 is 10.0 Å². The molecule has 6 heteroatoms. The molecule has 0 saturated carbocycles. The van der Waals surface area contributed by atoms with Crippen LogP contribution in [-0.2, 0) is 14.8 Å². The molecule has 0 bridgehead atoms. The van der Waals surface area contributed by atoms with Gasteiger partial charge in [-0.1, -0.05) is 0 Å². The second-order valence-electron chi connectivity index (χ2n) is 3.74. The predicted molar refractivity (Wildman–Crippen MR) is 53.2 cm³/mol. The molecule has 82 valence electrons. The Balaban J connectivity index is 2.33. The Bertz CT molecular complexity index is 313. The van der Waals surface area contributed by atoms with Crippen molar-refractivity contribution in [3.63, 3.8) is 0 Å². The van der Waals surface area contributed by atoms with Gasteiger partial charge >= 0.3 is 0 Å². The lowest BCUT2D eigenvalue weighted by Crippen LogP contribution is -2.31. The molecule has 1 aliphatic heterocycles. The Kier molecular flexibility index (Phi) is 3.49. The maximum atomic E-state index is 11.0. The van der Waals surface area contributed by atoms with Crippen molar-refractivity contribution < 1.29 is 13.2 Å². The molecule has 1 atom stereocenters. The zero-order valence-corrected chi connectivity index (χ0v) is 9.30. The summed E-state index contributed by atoms with van der Waals surface area (Å²) in [6, 6.07) is 0. The van der Waals surface area contributed by atoms with E-state index in [1.807, 2.05) is 0 Å². The molecule has 0 spiro atoms. The minimum absolute atomic E-state index is 0.0619. The van der Waals surface area contributed by atoms with Crippen LogP contribution in [0.1, 0.15) is 13.3 Å². The lowest BCUT2D eigenvalue weighted by molar-refractivity contribution is -0.127. The summed E-state index contributed by atoms with van der Waals surface area (Å²) in [7, 11) is -3.10. The van der Waals surface area contributed by atoms with Gasteiger partial charge in [0.2, 0.25) is 15.9 Å². The molecule has 1 amide bonds. The van der Waals surface area contributed by atoms with Crippen LogP contribution in [0.15, 0.2) is 0 Å². The standard InChI is InChI=1S/C8H16N2O3S/c1-7(11)10-4-3-8(6-10)5-9-14(2,12)13/h8-9H,3-6H2,1-2H3/t8-/m0/s1. The fourth-order valence-electron chi connectivity index (χ4n) is 1.55. The number of sulfonamides is 1. The Morgan fingerprint density at radius 3 is 2.64 bits per heavy atom. The number of hydrogen-bond acceptors (Lipinski definition) is 3. The number of carbonyl (C=O) groups is 1. The molecule has 1 N–H and O–H groups in total. The summed E-state index contributed by atoms with van der Waals surface area (Å²) in [6.45, 7) is 3.37. The van der Waals surface area contributed by atoms with Crippen LogP contribution in [0.3, 0.4) is 0 Å². The maximum Gasteiger partial charge on any atom is 0.219 e. The number of carbonyl (C=O) groups excluding carboxylic acids is 1. The smallest absolute Gasteiger partial charge is 0.219 e. The van der Waals surface area contributed by atoms with E-state index in [0.29, 0.717) is 13.1 Å². The van der Waals surface area contributed by atoms with Gasteiger partial charge in [0.25, 0.3) is 0 Å². The highest BCUT2D eigenvalue weighted by atomic mass is 32.2. The third-order valence-corrected chi connectivity index (χ3v) is 3.06. The molecular formula is C8H16N2O3S. The molecule has 0 radical (unpaired) electrons. The molecule has 14 heavy (non-hydrogen) atoms. The van der Waals surface area contributed by atoms with Gasteiger partial charge in [-0.2, -0.15) is 0 Å². The monoisotopic (exact) mass is 220 g/mol. The minimum Gasteiger partial charge on any atom is -0.343 e. The third kappa shape index (κ3) is 3.63. The molecule has 1 heterocycles. The molecule has 0 aromatic heterocycles. The number of hydrogen-bond donors (Lipinski definition) is 1. The summed E-state index contributed by atoms with van der Waals surface area (Å²) in [4.78, 5) is 12.7. The van der Waals surface area contributed by atoms with Crippen LogP contribution in [0.4, 0.5) is 0 Å². The van der Waals surface area contributed by atoms with Gasteiger partial charge in [0.05, 0.1) is 6.26 Å². The lowest BCUT2D eigenvalue weighted by Gasteiger charge is -2.13. The van der Waals surface area contributed by atoms with E-state index in [0.717, 1.165) is 19.2 Å². The minimum atomic E-state index is -3.10. The van der Waals surface area contributed by atoms with Gasteiger partial charge in [0.15, 0.2) is 0 Å². The van der Waals surface area contributed by atoms with Gasteiger partial charge in [0.1, 0.15) is 0 Å². The molecule has 1 rings (SSSR count). The molecule has 0 aliphatic carbocycles. The first-order valence-corrected chi connectivity index (χ1v) is 6.48. The second-order valence-corrected chi connectivity index (χ2v) is 5.57. The quantitative estimate of drug-likeness (QED) is 0.691. The van der Waals surface area contributed by atoms with E-state index in [9.17, 15) is 13.2 Å². The number of rotatable bonds is 3. The fourth-order valence-corrected chi connectivity index (χ4v) is 2.09. The first-order valence-electron chi connectivity index (χ1n) is 4.58. The SMILES string of the molecule is CC(=O)N1CC[C@@H](CNS(C)(=O)=O)C1. The predicted octanol–water partition coefficient (Wildman–Crippen LogP) is -0.596. The van der Waals surface area contributed by atoms with E-state index in [4.69, 9.17) is 0 Å². The van der Waals surface area contributed by atoms with E-state index in [1.54, 1.807) is 4.90 Å². The van der Waals surface area contributed by atoms with Gasteiger partial charge in [0, 0.05) is 26.6 Å². The molecule has 1 saturated heterocycles. The van der Waals surface area contributed by atoms with Gasteiger partial charge in [-0.25, -0.2) is 13.1 Å². The molecular weight excluding hydrogens is 204 g/mol. The van der Waals surface area contributed by atoms with E-state index in [-0.39, 0.29) is 11.8 Å². The molecule has 1 aliphatic rings. The van der Waals surface area contributed by atoms with E-state index >= 15 is 0 Å². The van der Waals surface area contributed by atoms with Gasteiger partial charge in [-0.3, -0.25) is 4.79 Å². The van der Waals surface area contributed by atoms with Crippen LogP contribution in [0.25, 0.3) is 0 Å². The van der Waals surface area contributed by atoms with Crippen molar-refractivity contribution in [3.05, 3.63) is 0 Å². The largest absolute Gasteiger partial charge is 0.343 e. The van der Waals surface area contributed by atoms with Crippen molar-refractivity contribution in [3.8, 4) is 0 Å². The zero-order valence-electron chi connectivity index (χ0n) is 8.49. The normalized spacial score (nSPS) is 22.7. The van der Waals surface area contributed by atoms with Crippen molar-refractivity contribution in [1.82, 2.24) is 9.62 Å². The molecule has 5 nitrogen and oxygen atoms in total. The van der Waals surface area contributed by atoms with Crippen LogP contribution >= 0.6 is 0 Å². The first kappa shape index (κ1) is 11.5. The summed E-state index contributed by atoms with van der Waals surface area (Å²) >= 11 is 0. The summed E-state index contributed by atoms with van der Waals surface area (Å²) in [6.07, 6.45) is 2.02. The van der Waals surface area contributed by atoms with Crippen LogP contribution in [-0.4, -0.2) is 45.1 Å². The first-order chi connectivity index (χ1) is 6.38. The highest BCUT2D eigenvalue weighted by Gasteiger charge is 2.24. The summed E-state index contributed by atoms with van der Waals surface area (Å²) < 4.78 is 24.1. The molecule has 0 aromatic carbocycles. The van der Waals surface area contributed by atoms with E-state index in [1.165, 1.54) is 6.92 Å². The maximum absolute atomic E-state index is 11.0. The Labute approximate surface area is 84.5 Å². The van der Waals surface area contributed by atoms with E-state index in [2.05, 4.69) is 4.72 Å². The highest BCUT2D eigenvalue weighted by Crippen LogP contribution is 2.15. The average Bonchev–Trinajstić information content (AvgIpc) is 2.47. The van der Waals surface area contributed by atoms with Crippen LogP contribution in [0, 0.1) is 5.92 Å². The van der Waals surface area contributed by atoms with Crippen molar-refractivity contribution in [1.29, 1.82) is 0 Å². The highest BCUT2D eigenvalue weighted by molar-refractivity contribution is 7.88. The summed E-state index contributed by atoms with van der Waals surface area (Å²) in [5.41, 5.74) is 0. The summed E-state index contributed by atoms with van der Waals surface area (Å²) in [5, 5.41) is 0. The van der Waals surface area contributed by atoms with Crippen molar-refractivity contribution >= 4 is 15.9 Å². The van der Waals surface area contributed by atoms with Gasteiger partial charge in [-0.05, 0) is 12.3 Å². The zero-order chi connectivity index (χ0) is 10.8. The van der Waals surface area contributed by atoms with Crippen molar-refractivity contribution in [2.45, 2.75) is 13.3 Å². The molecule has 0 aromatic rings. The Morgan fingerprint density at radius 1 is 1.57 bits per heavy atom. The van der Waals surface area contributed by atoms with Crippen LogP contribution in [0.2, 0.25) is 0 Å². The number of likely N-dealkylation sites (tertiary alicyclic amines) is 1. The average molecular weight is 220 g/mol. The lowest BCUT2D eigenvalue weighted by atomic mass is 10.1. The van der Waals surface area contributed by atoms with Crippen LogP contribution < -0.4 is 4.72 Å². The molecule has 0 unspecified atom stereocenters. The topological polar surface area (TPSA) is 66.5 Å². The van der Waals surface area contributed by atoms with Gasteiger partial charge < -0.3 is 4.90 Å². The molecule has 1 fully saturated rings. The van der Waals surface area contributed by atoms with Gasteiger partial charge in [-0.15, -0.1) is 0 Å². The number of nitrogens with one attached hydrogen (secondary N) is 1. The Morgan fingerprint density at radius 2 is 2.21 bits per heavy atom. The second kappa shape index (κ2) is 4.27. The van der Waals surface area contributed by atoms with Crippen molar-refractivity contribution in [2.24, 2.45) is 5.92 Å². The summed E-state index contributed by atoms with van der Waals surface area (Å²) in [5.74, 6) is 0.320.